The minimum absolute atomic E-state index is 0.125. The number of carbonyl (C=O) groups is 2. The maximum absolute atomic E-state index is 13.0. The lowest BCUT2D eigenvalue weighted by molar-refractivity contribution is -0.121. The van der Waals surface area contributed by atoms with Crippen LogP contribution in [0.2, 0.25) is 5.02 Å². The van der Waals surface area contributed by atoms with Crippen LogP contribution in [-0.2, 0) is 9.59 Å². The van der Waals surface area contributed by atoms with Gasteiger partial charge in [0.25, 0.3) is 5.91 Å². The molecule has 1 heterocycles. The standard InChI is InChI=1S/C19H16BrClN2O2S/c1-26-19-17(18(25)22-12-8-6-11(20)7-9-12)14(10-16(24)23-19)13-4-2-3-5-15(13)21/h2-9,14H,10H2,1H3,(H,22,25)(H,23,24). The Labute approximate surface area is 169 Å². The molecule has 1 atom stereocenters. The Morgan fingerprint density at radius 1 is 1.23 bits per heavy atom. The Balaban J connectivity index is 2.00. The van der Waals surface area contributed by atoms with Gasteiger partial charge in [-0.3, -0.25) is 9.59 Å². The second kappa shape index (κ2) is 8.29. The second-order valence-electron chi connectivity index (χ2n) is 5.73. The summed E-state index contributed by atoms with van der Waals surface area (Å²) in [4.78, 5) is 25.2. The average molecular weight is 452 g/mol. The molecule has 1 aliphatic rings. The lowest BCUT2D eigenvalue weighted by Crippen LogP contribution is -2.35. The fraction of sp³-hybridized carbons (Fsp3) is 0.158. The zero-order valence-electron chi connectivity index (χ0n) is 13.9. The maximum Gasteiger partial charge on any atom is 0.254 e. The number of hydrogen-bond donors (Lipinski definition) is 2. The third-order valence-corrected chi connectivity index (χ3v) is 5.67. The van der Waals surface area contributed by atoms with E-state index in [2.05, 4.69) is 26.6 Å². The molecule has 0 bridgehead atoms. The van der Waals surface area contributed by atoms with E-state index in [1.807, 2.05) is 48.7 Å². The quantitative estimate of drug-likeness (QED) is 0.694. The van der Waals surface area contributed by atoms with Crippen LogP contribution in [0.5, 0.6) is 0 Å². The number of anilines is 1. The molecule has 0 aliphatic carbocycles. The molecule has 0 spiro atoms. The molecular formula is C19H16BrClN2O2S. The van der Waals surface area contributed by atoms with Gasteiger partial charge in [-0.15, -0.1) is 11.8 Å². The van der Waals surface area contributed by atoms with Crippen molar-refractivity contribution in [2.45, 2.75) is 12.3 Å². The van der Waals surface area contributed by atoms with Crippen LogP contribution < -0.4 is 10.6 Å². The van der Waals surface area contributed by atoms with E-state index in [1.54, 1.807) is 6.07 Å². The molecule has 0 fully saturated rings. The van der Waals surface area contributed by atoms with Crippen LogP contribution in [0, 0.1) is 0 Å². The van der Waals surface area contributed by atoms with Gasteiger partial charge in [-0.1, -0.05) is 45.7 Å². The Morgan fingerprint density at radius 3 is 2.58 bits per heavy atom. The van der Waals surface area contributed by atoms with Gasteiger partial charge in [-0.2, -0.15) is 0 Å². The zero-order valence-corrected chi connectivity index (χ0v) is 17.0. The highest BCUT2D eigenvalue weighted by atomic mass is 79.9. The predicted octanol–water partition coefficient (Wildman–Crippen LogP) is 4.92. The van der Waals surface area contributed by atoms with Crippen LogP contribution in [0.15, 0.2) is 63.6 Å². The molecule has 1 unspecified atom stereocenters. The van der Waals surface area contributed by atoms with Gasteiger partial charge in [0, 0.05) is 27.5 Å². The van der Waals surface area contributed by atoms with Crippen LogP contribution >= 0.6 is 39.3 Å². The summed E-state index contributed by atoms with van der Waals surface area (Å²) >= 11 is 11.1. The Morgan fingerprint density at radius 2 is 1.92 bits per heavy atom. The van der Waals surface area contributed by atoms with Crippen molar-refractivity contribution in [3.63, 3.8) is 0 Å². The van der Waals surface area contributed by atoms with Crippen molar-refractivity contribution in [2.75, 3.05) is 11.6 Å². The Hall–Kier alpha value is -1.76. The van der Waals surface area contributed by atoms with Crippen molar-refractivity contribution in [3.05, 3.63) is 74.2 Å². The Bertz CT molecular complexity index is 883. The fourth-order valence-electron chi connectivity index (χ4n) is 2.87. The second-order valence-corrected chi connectivity index (χ2v) is 7.87. The summed E-state index contributed by atoms with van der Waals surface area (Å²) in [6.45, 7) is 0. The zero-order chi connectivity index (χ0) is 18.7. The molecule has 4 nitrogen and oxygen atoms in total. The summed E-state index contributed by atoms with van der Waals surface area (Å²) in [6, 6.07) is 14.6. The molecule has 2 amide bonds. The topological polar surface area (TPSA) is 58.2 Å². The molecule has 7 heteroatoms. The summed E-state index contributed by atoms with van der Waals surface area (Å²) in [6.07, 6.45) is 2.01. The van der Waals surface area contributed by atoms with Crippen LogP contribution in [0.25, 0.3) is 0 Å². The summed E-state index contributed by atoms with van der Waals surface area (Å²) in [5.74, 6) is -0.767. The van der Waals surface area contributed by atoms with Crippen LogP contribution in [0.4, 0.5) is 5.69 Å². The molecule has 0 saturated heterocycles. The van der Waals surface area contributed by atoms with E-state index in [0.29, 0.717) is 21.3 Å². The third kappa shape index (κ3) is 4.14. The first kappa shape index (κ1) is 19.0. The van der Waals surface area contributed by atoms with E-state index in [4.69, 9.17) is 11.6 Å². The van der Waals surface area contributed by atoms with Gasteiger partial charge in [0.05, 0.1) is 10.6 Å². The molecule has 2 aromatic rings. The smallest absolute Gasteiger partial charge is 0.254 e. The molecule has 3 rings (SSSR count). The van der Waals surface area contributed by atoms with Crippen molar-refractivity contribution in [3.8, 4) is 0 Å². The van der Waals surface area contributed by atoms with Crippen LogP contribution in [0.1, 0.15) is 17.9 Å². The first-order valence-electron chi connectivity index (χ1n) is 7.89. The van der Waals surface area contributed by atoms with E-state index in [-0.39, 0.29) is 18.2 Å². The van der Waals surface area contributed by atoms with Gasteiger partial charge in [0.1, 0.15) is 0 Å². The van der Waals surface area contributed by atoms with Crippen molar-refractivity contribution < 1.29 is 9.59 Å². The number of amides is 2. The predicted molar refractivity (Wildman–Crippen MR) is 110 cm³/mol. The van der Waals surface area contributed by atoms with Gasteiger partial charge in [0.15, 0.2) is 0 Å². The van der Waals surface area contributed by atoms with Crippen LogP contribution in [0.3, 0.4) is 0 Å². The number of carbonyl (C=O) groups excluding carboxylic acids is 2. The molecule has 2 aromatic carbocycles. The van der Waals surface area contributed by atoms with E-state index in [1.165, 1.54) is 11.8 Å². The molecule has 134 valence electrons. The number of benzene rings is 2. The highest BCUT2D eigenvalue weighted by Gasteiger charge is 2.34. The summed E-state index contributed by atoms with van der Waals surface area (Å²) in [5.41, 5.74) is 1.98. The van der Waals surface area contributed by atoms with Gasteiger partial charge in [0.2, 0.25) is 5.91 Å². The number of halogens is 2. The lowest BCUT2D eigenvalue weighted by atomic mass is 9.86. The lowest BCUT2D eigenvalue weighted by Gasteiger charge is -2.28. The average Bonchev–Trinajstić information content (AvgIpc) is 2.63. The largest absolute Gasteiger partial charge is 0.322 e. The van der Waals surface area contributed by atoms with Crippen molar-refractivity contribution in [1.29, 1.82) is 0 Å². The van der Waals surface area contributed by atoms with Gasteiger partial charge in [-0.05, 0) is 42.2 Å². The van der Waals surface area contributed by atoms with Gasteiger partial charge in [-0.25, -0.2) is 0 Å². The molecule has 1 aliphatic heterocycles. The molecule has 26 heavy (non-hydrogen) atoms. The molecule has 0 radical (unpaired) electrons. The fourth-order valence-corrected chi connectivity index (χ4v) is 4.07. The molecular weight excluding hydrogens is 436 g/mol. The van der Waals surface area contributed by atoms with E-state index in [0.717, 1.165) is 10.0 Å². The first-order valence-corrected chi connectivity index (χ1v) is 10.3. The normalized spacial score (nSPS) is 17.0. The minimum Gasteiger partial charge on any atom is -0.322 e. The number of nitrogens with one attached hydrogen (secondary N) is 2. The van der Waals surface area contributed by atoms with Crippen molar-refractivity contribution >= 4 is 56.8 Å². The maximum atomic E-state index is 13.0. The molecule has 2 N–H and O–H groups in total. The molecule has 0 aromatic heterocycles. The number of rotatable bonds is 4. The summed E-state index contributed by atoms with van der Waals surface area (Å²) in [7, 11) is 0. The van der Waals surface area contributed by atoms with E-state index in [9.17, 15) is 9.59 Å². The van der Waals surface area contributed by atoms with Crippen molar-refractivity contribution in [2.24, 2.45) is 0 Å². The number of hydrogen-bond acceptors (Lipinski definition) is 3. The van der Waals surface area contributed by atoms with E-state index < -0.39 is 5.92 Å². The van der Waals surface area contributed by atoms with Crippen LogP contribution in [-0.4, -0.2) is 18.1 Å². The summed E-state index contributed by atoms with van der Waals surface area (Å²) in [5, 5.41) is 6.81. The van der Waals surface area contributed by atoms with E-state index >= 15 is 0 Å². The Kier molecular flexibility index (Phi) is 6.06. The SMILES string of the molecule is CSC1=C(C(=O)Nc2ccc(Br)cc2)C(c2ccccc2Cl)CC(=O)N1. The van der Waals surface area contributed by atoms with Crippen molar-refractivity contribution in [1.82, 2.24) is 5.32 Å². The monoisotopic (exact) mass is 450 g/mol. The third-order valence-electron chi connectivity index (χ3n) is 4.07. The minimum atomic E-state index is -0.393. The number of thioether (sulfide) groups is 1. The summed E-state index contributed by atoms with van der Waals surface area (Å²) < 4.78 is 0.929. The van der Waals surface area contributed by atoms with Gasteiger partial charge < -0.3 is 10.6 Å². The first-order chi connectivity index (χ1) is 12.5. The van der Waals surface area contributed by atoms with Gasteiger partial charge >= 0.3 is 0 Å². The molecule has 0 saturated carbocycles. The highest BCUT2D eigenvalue weighted by Crippen LogP contribution is 2.39. The highest BCUT2D eigenvalue weighted by molar-refractivity contribution is 9.10.